The van der Waals surface area contributed by atoms with Crippen LogP contribution in [0.3, 0.4) is 0 Å². The van der Waals surface area contributed by atoms with Crippen molar-refractivity contribution in [2.45, 2.75) is 44.9 Å². The quantitative estimate of drug-likeness (QED) is 0.392. The Morgan fingerprint density at radius 1 is 1.21 bits per heavy atom. The molecule has 1 amide bonds. The lowest BCUT2D eigenvalue weighted by Gasteiger charge is -2.28. The third-order valence-corrected chi connectivity index (χ3v) is 7.73. The fraction of sp³-hybridized carbons (Fsp3) is 0.435. The predicted octanol–water partition coefficient (Wildman–Crippen LogP) is 2.39. The Bertz CT molecular complexity index is 1700. The summed E-state index contributed by atoms with van der Waals surface area (Å²) in [6.45, 7) is 3.50. The van der Waals surface area contributed by atoms with Crippen LogP contribution >= 0.6 is 11.3 Å². The number of alkyl halides is 3. The summed E-state index contributed by atoms with van der Waals surface area (Å²) in [7, 11) is 2.82. The van der Waals surface area contributed by atoms with Crippen LogP contribution in [0.2, 0.25) is 0 Å². The molecule has 4 aromatic heterocycles. The van der Waals surface area contributed by atoms with E-state index in [1.54, 1.807) is 13.8 Å². The number of hydrogen-bond donors (Lipinski definition) is 1. The number of carbonyl (C=O) groups is 1. The molecule has 0 spiro atoms. The number of thiazole rings is 1. The number of fused-ring (bicyclic) bond motifs is 1. The first-order chi connectivity index (χ1) is 18.4. The average Bonchev–Trinajstić information content (AvgIpc) is 3.64. The Kier molecular flexibility index (Phi) is 6.52. The predicted molar refractivity (Wildman–Crippen MR) is 138 cm³/mol. The number of carbonyl (C=O) groups excluding carboxylic acids is 1. The molecule has 1 N–H and O–H groups in total. The number of halogens is 3. The van der Waals surface area contributed by atoms with E-state index in [2.05, 4.69) is 25.3 Å². The van der Waals surface area contributed by atoms with Crippen molar-refractivity contribution >= 4 is 39.4 Å². The first-order valence-corrected chi connectivity index (χ1v) is 12.8. The second-order valence-electron chi connectivity index (χ2n) is 9.27. The Hall–Kier alpha value is -4.08. The minimum atomic E-state index is -4.41. The van der Waals surface area contributed by atoms with Crippen LogP contribution in [0.5, 0.6) is 0 Å². The molecule has 1 saturated heterocycles. The number of aryl methyl sites for hydroxylation is 2. The topological polar surface area (TPSA) is 133 Å². The average molecular weight is 564 g/mol. The zero-order valence-electron chi connectivity index (χ0n) is 21.4. The Morgan fingerprint density at radius 3 is 2.67 bits per heavy atom. The highest BCUT2D eigenvalue weighted by molar-refractivity contribution is 7.16. The van der Waals surface area contributed by atoms with Gasteiger partial charge in [-0.2, -0.15) is 13.2 Å². The molecule has 0 aromatic carbocycles. The third kappa shape index (κ3) is 4.47. The maximum atomic E-state index is 13.6. The van der Waals surface area contributed by atoms with Gasteiger partial charge in [0.2, 0.25) is 5.91 Å². The zero-order valence-corrected chi connectivity index (χ0v) is 22.2. The highest BCUT2D eigenvalue weighted by Crippen LogP contribution is 2.40. The van der Waals surface area contributed by atoms with Crippen LogP contribution in [0.15, 0.2) is 28.4 Å². The van der Waals surface area contributed by atoms with Gasteiger partial charge in [-0.25, -0.2) is 24.7 Å². The Balaban J connectivity index is 1.45. The molecule has 39 heavy (non-hydrogen) atoms. The molecule has 1 fully saturated rings. The summed E-state index contributed by atoms with van der Waals surface area (Å²) in [5.74, 6) is -0.373. The van der Waals surface area contributed by atoms with Crippen LogP contribution in [0, 0.1) is 6.92 Å². The van der Waals surface area contributed by atoms with Gasteiger partial charge in [0.05, 0.1) is 17.6 Å². The van der Waals surface area contributed by atoms with Gasteiger partial charge < -0.3 is 14.8 Å². The van der Waals surface area contributed by atoms with Crippen molar-refractivity contribution in [1.82, 2.24) is 33.6 Å². The highest BCUT2D eigenvalue weighted by atomic mass is 32.1. The summed E-state index contributed by atoms with van der Waals surface area (Å²) in [5.41, 5.74) is -0.196. The smallest absolute Gasteiger partial charge is 0.344 e. The molecule has 1 aliphatic heterocycles. The molecule has 2 unspecified atom stereocenters. The molecular formula is C23H24F3N9O3S. The van der Waals surface area contributed by atoms with Gasteiger partial charge in [-0.05, 0) is 26.7 Å². The molecule has 12 nitrogen and oxygen atoms in total. The summed E-state index contributed by atoms with van der Waals surface area (Å²) in [6, 6.07) is -2.55. The Labute approximate surface area is 222 Å². The summed E-state index contributed by atoms with van der Waals surface area (Å²) in [5, 5.41) is 2.93. The lowest BCUT2D eigenvalue weighted by Crippen LogP contribution is -2.41. The molecule has 5 heterocycles. The molecule has 0 radical (unpaired) electrons. The SMILES string of the molecule is Cc1sc(NC(=O)C(C)n2cnc3c2c(=O)n(C)c(=O)n3C)nc1-c1cncnc1N1CCCC1C(F)(F)F. The van der Waals surface area contributed by atoms with E-state index in [4.69, 9.17) is 0 Å². The number of anilines is 2. The number of amides is 1. The van der Waals surface area contributed by atoms with Crippen LogP contribution in [0.4, 0.5) is 24.1 Å². The molecule has 206 valence electrons. The van der Waals surface area contributed by atoms with Crippen molar-refractivity contribution in [2.75, 3.05) is 16.8 Å². The molecule has 0 saturated carbocycles. The number of imidazole rings is 1. The van der Waals surface area contributed by atoms with Gasteiger partial charge in [0.1, 0.15) is 24.2 Å². The van der Waals surface area contributed by atoms with E-state index in [-0.39, 0.29) is 35.1 Å². The van der Waals surface area contributed by atoms with Crippen LogP contribution in [0.25, 0.3) is 22.4 Å². The van der Waals surface area contributed by atoms with Gasteiger partial charge in [0.25, 0.3) is 5.56 Å². The summed E-state index contributed by atoms with van der Waals surface area (Å²) >= 11 is 1.15. The van der Waals surface area contributed by atoms with E-state index in [9.17, 15) is 27.6 Å². The standard InChI is InChI=1S/C23H24F3N9O3S/c1-11(35-10-29-18-16(35)20(37)33(4)22(38)32(18)3)19(36)31-21-30-15(12(2)39-21)13-8-27-9-28-17(13)34-7-5-6-14(34)23(24,25)26/h8-11,14H,5-7H2,1-4H3,(H,30,31,36). The number of nitrogens with zero attached hydrogens (tertiary/aromatic N) is 8. The molecular weight excluding hydrogens is 539 g/mol. The maximum absolute atomic E-state index is 13.6. The van der Waals surface area contributed by atoms with E-state index < -0.39 is 35.4 Å². The van der Waals surface area contributed by atoms with Gasteiger partial charge in [-0.15, -0.1) is 11.3 Å². The normalized spacial score (nSPS) is 16.7. The van der Waals surface area contributed by atoms with Gasteiger partial charge in [-0.1, -0.05) is 0 Å². The molecule has 1 aliphatic rings. The summed E-state index contributed by atoms with van der Waals surface area (Å²) < 4.78 is 44.5. The Morgan fingerprint density at radius 2 is 1.95 bits per heavy atom. The number of nitrogens with one attached hydrogen (secondary N) is 1. The third-order valence-electron chi connectivity index (χ3n) is 6.85. The van der Waals surface area contributed by atoms with Crippen LogP contribution in [0.1, 0.15) is 30.7 Å². The first-order valence-electron chi connectivity index (χ1n) is 11.9. The van der Waals surface area contributed by atoms with Gasteiger partial charge >= 0.3 is 11.9 Å². The lowest BCUT2D eigenvalue weighted by atomic mass is 10.1. The summed E-state index contributed by atoms with van der Waals surface area (Å²) in [6.07, 6.45) is -0.120. The molecule has 4 aromatic rings. The second-order valence-corrected chi connectivity index (χ2v) is 10.5. The molecule has 16 heteroatoms. The van der Waals surface area contributed by atoms with E-state index >= 15 is 0 Å². The zero-order chi connectivity index (χ0) is 28.2. The van der Waals surface area contributed by atoms with E-state index in [0.717, 1.165) is 15.9 Å². The minimum absolute atomic E-state index is 0.0254. The fourth-order valence-electron chi connectivity index (χ4n) is 4.77. The second kappa shape index (κ2) is 9.59. The minimum Gasteiger partial charge on any atom is -0.344 e. The summed E-state index contributed by atoms with van der Waals surface area (Å²) in [4.78, 5) is 56.8. The number of hydrogen-bond acceptors (Lipinski definition) is 9. The van der Waals surface area contributed by atoms with Crippen LogP contribution in [-0.4, -0.2) is 58.3 Å². The van der Waals surface area contributed by atoms with Gasteiger partial charge in [0, 0.05) is 31.7 Å². The lowest BCUT2D eigenvalue weighted by molar-refractivity contribution is -0.146. The monoisotopic (exact) mass is 563 g/mol. The van der Waals surface area contributed by atoms with E-state index in [1.165, 1.54) is 47.0 Å². The highest BCUT2D eigenvalue weighted by Gasteiger charge is 2.47. The van der Waals surface area contributed by atoms with Crippen molar-refractivity contribution < 1.29 is 18.0 Å². The van der Waals surface area contributed by atoms with Crippen molar-refractivity contribution in [3.63, 3.8) is 0 Å². The largest absolute Gasteiger partial charge is 0.408 e. The fourth-order valence-corrected chi connectivity index (χ4v) is 5.60. The number of aromatic nitrogens is 7. The number of rotatable bonds is 5. The van der Waals surface area contributed by atoms with E-state index in [0.29, 0.717) is 22.6 Å². The van der Waals surface area contributed by atoms with Crippen molar-refractivity contribution in [3.8, 4) is 11.3 Å². The molecule has 0 bridgehead atoms. The van der Waals surface area contributed by atoms with Crippen molar-refractivity contribution in [2.24, 2.45) is 14.1 Å². The molecule has 0 aliphatic carbocycles. The van der Waals surface area contributed by atoms with E-state index in [1.807, 2.05) is 0 Å². The van der Waals surface area contributed by atoms with Crippen molar-refractivity contribution in [1.29, 1.82) is 0 Å². The van der Waals surface area contributed by atoms with Crippen LogP contribution in [-0.2, 0) is 18.9 Å². The maximum Gasteiger partial charge on any atom is 0.408 e. The molecule has 2 atom stereocenters. The van der Waals surface area contributed by atoms with Crippen molar-refractivity contribution in [3.05, 3.63) is 44.6 Å². The molecule has 5 rings (SSSR count). The van der Waals surface area contributed by atoms with Gasteiger partial charge in [-0.3, -0.25) is 18.7 Å². The van der Waals surface area contributed by atoms with Crippen LogP contribution < -0.4 is 21.5 Å². The first kappa shape index (κ1) is 26.5. The van der Waals surface area contributed by atoms with Gasteiger partial charge in [0.15, 0.2) is 16.3 Å².